The van der Waals surface area contributed by atoms with Crippen LogP contribution in [-0.4, -0.2) is 19.9 Å². The second kappa shape index (κ2) is 71.5. The van der Waals surface area contributed by atoms with E-state index in [4.69, 9.17) is 0 Å². The summed E-state index contributed by atoms with van der Waals surface area (Å²) in [7, 11) is 0. The van der Waals surface area contributed by atoms with Gasteiger partial charge >= 0.3 is 0 Å². The Morgan fingerprint density at radius 2 is 0.547 bits per heavy atom. The molecule has 0 radical (unpaired) electrons. The van der Waals surface area contributed by atoms with Crippen LogP contribution >= 0.6 is 0 Å². The van der Waals surface area contributed by atoms with Gasteiger partial charge in [0.05, 0.1) is 5.52 Å². The van der Waals surface area contributed by atoms with Gasteiger partial charge in [-0.2, -0.15) is 0 Å². The van der Waals surface area contributed by atoms with Crippen molar-refractivity contribution < 1.29 is 0 Å². The molecule has 0 saturated heterocycles. The first-order valence-corrected chi connectivity index (χ1v) is 33.7. The van der Waals surface area contributed by atoms with Crippen LogP contribution in [0.25, 0.3) is 21.7 Å². The van der Waals surface area contributed by atoms with E-state index in [0.717, 1.165) is 22.6 Å². The molecule has 0 saturated carbocycles. The molecule has 4 heteroatoms. The Bertz CT molecular complexity index is 2360. The fourth-order valence-corrected chi connectivity index (χ4v) is 6.63. The summed E-state index contributed by atoms with van der Waals surface area (Å²) in [5.41, 5.74) is 24.7. The van der Waals surface area contributed by atoms with Crippen LogP contribution in [0.15, 0.2) is 110 Å². The van der Waals surface area contributed by atoms with Crippen LogP contribution in [-0.2, 0) is 0 Å². The zero-order valence-electron chi connectivity index (χ0n) is 65.2. The Morgan fingerprint density at radius 1 is 0.233 bits per heavy atom. The summed E-state index contributed by atoms with van der Waals surface area (Å²) in [6.45, 7) is 86.1. The molecule has 0 amide bonds. The second-order valence-electron chi connectivity index (χ2n) is 16.7. The largest absolute Gasteiger partial charge is 0.264 e. The number of hydrogen-bond acceptors (Lipinski definition) is 4. The van der Waals surface area contributed by atoms with Gasteiger partial charge in [-0.25, -0.2) is 0 Å². The lowest BCUT2D eigenvalue weighted by molar-refractivity contribution is 1.12. The van der Waals surface area contributed by atoms with Crippen molar-refractivity contribution >= 4 is 21.7 Å². The first kappa shape index (κ1) is 102. The number of aromatic nitrogens is 4. The van der Waals surface area contributed by atoms with E-state index in [2.05, 4.69) is 197 Å². The molecule has 86 heavy (non-hydrogen) atoms. The Labute approximate surface area is 539 Å². The number of aryl methyl sites for hydroxylation is 12. The van der Waals surface area contributed by atoms with Crippen LogP contribution < -0.4 is 0 Å². The molecule has 4 aromatic heterocycles. The summed E-state index contributed by atoms with van der Waals surface area (Å²) in [4.78, 5) is 16.9. The van der Waals surface area contributed by atoms with E-state index >= 15 is 0 Å². The van der Waals surface area contributed by atoms with Gasteiger partial charge in [0.25, 0.3) is 0 Å². The monoisotopic (exact) mass is 1190 g/mol. The lowest BCUT2D eigenvalue weighted by atomic mass is 9.97. The zero-order valence-corrected chi connectivity index (χ0v) is 65.2. The Kier molecular flexibility index (Phi) is 84.7. The van der Waals surface area contributed by atoms with Gasteiger partial charge in [0, 0.05) is 47.3 Å². The van der Waals surface area contributed by atoms with E-state index in [9.17, 15) is 0 Å². The number of nitrogens with zero attached hydrogens (tertiary/aromatic N) is 4. The predicted molar refractivity (Wildman–Crippen MR) is 406 cm³/mol. The van der Waals surface area contributed by atoms with Gasteiger partial charge in [0.2, 0.25) is 0 Å². The van der Waals surface area contributed by atoms with Crippen LogP contribution in [0, 0.1) is 125 Å². The van der Waals surface area contributed by atoms with E-state index < -0.39 is 0 Å². The Hall–Kier alpha value is -6.00. The van der Waals surface area contributed by atoms with Crippen LogP contribution in [0.4, 0.5) is 0 Å². The minimum atomic E-state index is 1.10. The first-order chi connectivity index (χ1) is 41.3. The molecule has 4 aromatic carbocycles. The van der Waals surface area contributed by atoms with Gasteiger partial charge in [-0.3, -0.25) is 19.9 Å². The molecule has 8 rings (SSSR count). The molecule has 0 fully saturated rings. The highest BCUT2D eigenvalue weighted by Gasteiger charge is 2.04. The van der Waals surface area contributed by atoms with E-state index in [0.29, 0.717) is 0 Å². The third-order valence-corrected chi connectivity index (χ3v) is 12.6. The molecule has 8 aromatic rings. The summed E-state index contributed by atoms with van der Waals surface area (Å²) in [5, 5.41) is 4.00. The van der Waals surface area contributed by atoms with Crippen molar-refractivity contribution in [1.82, 2.24) is 19.9 Å². The molecular weight excluding hydrogens is 1040 g/mol. The smallest absolute Gasteiger partial charge is 0.0708 e. The van der Waals surface area contributed by atoms with Crippen molar-refractivity contribution in [3.63, 3.8) is 0 Å². The fraction of sp³-hybridized carbons (Fsp3) is 0.512. The molecule has 0 spiro atoms. The van der Waals surface area contributed by atoms with Crippen molar-refractivity contribution in [2.75, 3.05) is 0 Å². The number of benzene rings is 4. The second-order valence-corrected chi connectivity index (χ2v) is 16.7. The highest BCUT2D eigenvalue weighted by atomic mass is 14.7. The number of para-hydroxylation sites is 1. The van der Waals surface area contributed by atoms with Crippen molar-refractivity contribution in [1.29, 1.82) is 0 Å². The van der Waals surface area contributed by atoms with Crippen molar-refractivity contribution in [2.24, 2.45) is 0 Å². The standard InChI is InChI=1S/C13H14.C12H13N.C9H12.3C8H11N.12C2H6/c1-9-8-12-6-4-5-7-13(12)11(3)10(9)2;1-8-9(2)11-6-4-5-7-12(11)13-10(8)3;1-7-5-4-6-8(2)9(7)3;1-6-4-9-5-7(2)8(6)3;2*1-6-4-5-9-8(3)7(6)2;12*1-2/h4-8H,1-3H3;4-7H,1-3H3;4-6H,1-3H3;3*4-5H,1-3H3;12*1-2H3. The highest BCUT2D eigenvalue weighted by molar-refractivity contribution is 5.87. The maximum absolute atomic E-state index is 4.54. The molecule has 0 aliphatic carbocycles. The summed E-state index contributed by atoms with van der Waals surface area (Å²) < 4.78 is 0. The SMILES string of the molecule is CC.CC.CC.CC.CC.CC.CC.CC.CC.CC.CC.CC.Cc1cc2ccccc2c(C)c1C.Cc1cccc(C)c1C.Cc1ccnc(C)c1C.Cc1ccnc(C)c1C.Cc1cncc(C)c1C.Cc1nc2ccccc2c(C)c1C. The lowest BCUT2D eigenvalue weighted by Crippen LogP contribution is -1.92. The normalized spacial score (nSPS) is 8.12. The fourth-order valence-electron chi connectivity index (χ4n) is 6.63. The quantitative estimate of drug-likeness (QED) is 0.152. The molecule has 0 aliphatic heterocycles. The maximum atomic E-state index is 4.54. The minimum Gasteiger partial charge on any atom is -0.264 e. The predicted octanol–water partition coefficient (Wildman–Crippen LogP) is 27.9. The minimum absolute atomic E-state index is 1.10. The van der Waals surface area contributed by atoms with Crippen molar-refractivity contribution in [3.8, 4) is 0 Å². The number of hydrogen-bond donors (Lipinski definition) is 0. The third kappa shape index (κ3) is 42.8. The van der Waals surface area contributed by atoms with Gasteiger partial charge in [-0.05, 0) is 237 Å². The lowest BCUT2D eigenvalue weighted by Gasteiger charge is -2.08. The van der Waals surface area contributed by atoms with Gasteiger partial charge in [0.1, 0.15) is 0 Å². The summed E-state index contributed by atoms with van der Waals surface area (Å²) in [5.74, 6) is 0. The zero-order chi connectivity index (χ0) is 70.3. The highest BCUT2D eigenvalue weighted by Crippen LogP contribution is 2.24. The van der Waals surface area contributed by atoms with Crippen molar-refractivity contribution in [3.05, 3.63) is 210 Å². The topological polar surface area (TPSA) is 51.6 Å². The molecular formula is C82H144N4. The maximum Gasteiger partial charge on any atom is 0.0708 e. The van der Waals surface area contributed by atoms with Crippen LogP contribution in [0.2, 0.25) is 0 Å². The third-order valence-electron chi connectivity index (χ3n) is 12.6. The Morgan fingerprint density at radius 3 is 0.884 bits per heavy atom. The average molecular weight is 1190 g/mol. The summed E-state index contributed by atoms with van der Waals surface area (Å²) >= 11 is 0. The number of rotatable bonds is 0. The van der Waals surface area contributed by atoms with E-state index in [-0.39, 0.29) is 0 Å². The van der Waals surface area contributed by atoms with Gasteiger partial charge in [-0.1, -0.05) is 233 Å². The summed E-state index contributed by atoms with van der Waals surface area (Å²) in [6, 6.07) is 29.5. The molecule has 4 nitrogen and oxygen atoms in total. The number of fused-ring (bicyclic) bond motifs is 2. The molecule has 4 heterocycles. The number of pyridine rings is 4. The molecule has 0 N–H and O–H groups in total. The molecule has 0 unspecified atom stereocenters. The van der Waals surface area contributed by atoms with Gasteiger partial charge < -0.3 is 0 Å². The van der Waals surface area contributed by atoms with Gasteiger partial charge in [0.15, 0.2) is 0 Å². The van der Waals surface area contributed by atoms with E-state index in [1.807, 2.05) is 223 Å². The molecule has 0 bridgehead atoms. The van der Waals surface area contributed by atoms with E-state index in [1.54, 1.807) is 0 Å². The van der Waals surface area contributed by atoms with Crippen LogP contribution in [0.1, 0.15) is 267 Å². The van der Waals surface area contributed by atoms with Crippen molar-refractivity contribution in [2.45, 2.75) is 291 Å². The average Bonchev–Trinajstić information content (AvgIpc) is 3.73. The molecule has 0 atom stereocenters. The van der Waals surface area contributed by atoms with Crippen LogP contribution in [0.3, 0.4) is 0 Å². The first-order valence-electron chi connectivity index (χ1n) is 33.7. The molecule has 0 aliphatic rings. The Balaban J connectivity index is -0.0000000944. The van der Waals surface area contributed by atoms with Crippen LogP contribution in [0.5, 0.6) is 0 Å². The van der Waals surface area contributed by atoms with E-state index in [1.165, 1.54) is 99.6 Å². The summed E-state index contributed by atoms with van der Waals surface area (Å²) in [6.07, 6.45) is 7.47. The molecule has 492 valence electrons. The van der Waals surface area contributed by atoms with Gasteiger partial charge in [-0.15, -0.1) is 0 Å².